The molecule has 1 aromatic heterocycles. The highest BCUT2D eigenvalue weighted by Gasteiger charge is 2.35. The number of carbonyl (C=O) groups is 1. The summed E-state index contributed by atoms with van der Waals surface area (Å²) < 4.78 is 33.9. The lowest BCUT2D eigenvalue weighted by Gasteiger charge is -2.33. The first-order valence-electron chi connectivity index (χ1n) is 9.86. The summed E-state index contributed by atoms with van der Waals surface area (Å²) in [7, 11) is -2.40. The fourth-order valence-electron chi connectivity index (χ4n) is 4.19. The zero-order valence-electron chi connectivity index (χ0n) is 17.4. The molecule has 1 fully saturated rings. The van der Waals surface area contributed by atoms with Crippen LogP contribution in [0.2, 0.25) is 0 Å². The second kappa shape index (κ2) is 8.93. The second-order valence-corrected chi connectivity index (χ2v) is 10.5. The third-order valence-electron chi connectivity index (χ3n) is 5.39. The van der Waals surface area contributed by atoms with Crippen LogP contribution in [-0.4, -0.2) is 36.8 Å². The normalized spacial score (nSPS) is 15.6. The third-order valence-corrected chi connectivity index (χ3v) is 8.43. The number of carbonyl (C=O) groups excluding carboxylic acids is 1. The molecule has 2 aromatic rings. The number of benzene rings is 1. The van der Waals surface area contributed by atoms with E-state index < -0.39 is 16.0 Å². The Hall–Kier alpha value is -1.77. The monoisotopic (exact) mass is 436 g/mol. The Morgan fingerprint density at radius 3 is 2.38 bits per heavy atom. The van der Waals surface area contributed by atoms with E-state index in [9.17, 15) is 13.2 Å². The molecule has 0 spiro atoms. The van der Waals surface area contributed by atoms with Crippen LogP contribution in [0.4, 0.5) is 0 Å². The zero-order valence-corrected chi connectivity index (χ0v) is 19.0. The van der Waals surface area contributed by atoms with Gasteiger partial charge in [-0.25, -0.2) is 18.2 Å². The van der Waals surface area contributed by atoms with Crippen LogP contribution in [0.25, 0.3) is 0 Å². The van der Waals surface area contributed by atoms with Gasteiger partial charge in [-0.2, -0.15) is 4.31 Å². The topological polar surface area (TPSA) is 76.6 Å². The molecule has 0 saturated heterocycles. The van der Waals surface area contributed by atoms with Gasteiger partial charge in [0.05, 0.1) is 18.6 Å². The molecule has 3 rings (SSSR count). The maximum atomic E-state index is 13.8. The molecule has 0 radical (unpaired) electrons. The maximum absolute atomic E-state index is 13.8. The third kappa shape index (κ3) is 4.70. The molecular weight excluding hydrogens is 408 g/mol. The number of rotatable bonds is 6. The molecule has 1 aromatic carbocycles. The largest absolute Gasteiger partial charge is 0.464 e. The fourth-order valence-corrected chi connectivity index (χ4v) is 7.09. The molecule has 1 aliphatic carbocycles. The lowest BCUT2D eigenvalue weighted by Crippen LogP contribution is -2.41. The van der Waals surface area contributed by atoms with E-state index in [1.807, 2.05) is 32.9 Å². The minimum absolute atomic E-state index is 0.0562. The molecule has 0 atom stereocenters. The van der Waals surface area contributed by atoms with E-state index in [4.69, 9.17) is 4.74 Å². The summed E-state index contributed by atoms with van der Waals surface area (Å²) in [5.74, 6) is -0.509. The second-order valence-electron chi connectivity index (χ2n) is 7.69. The van der Waals surface area contributed by atoms with Crippen molar-refractivity contribution in [2.75, 3.05) is 7.11 Å². The van der Waals surface area contributed by atoms with Crippen molar-refractivity contribution in [2.45, 2.75) is 70.4 Å². The van der Waals surface area contributed by atoms with E-state index in [1.165, 1.54) is 18.4 Å². The zero-order chi connectivity index (χ0) is 21.2. The van der Waals surface area contributed by atoms with Gasteiger partial charge in [-0.05, 0) is 44.7 Å². The number of hydrogen-bond acceptors (Lipinski definition) is 6. The van der Waals surface area contributed by atoms with Gasteiger partial charge in [-0.3, -0.25) is 0 Å². The number of thiazole rings is 1. The van der Waals surface area contributed by atoms with Crippen LogP contribution < -0.4 is 0 Å². The van der Waals surface area contributed by atoms with E-state index in [0.29, 0.717) is 9.90 Å². The molecule has 0 aliphatic heterocycles. The molecule has 0 N–H and O–H groups in total. The number of hydrogen-bond donors (Lipinski definition) is 0. The van der Waals surface area contributed by atoms with Crippen molar-refractivity contribution in [2.24, 2.45) is 0 Å². The van der Waals surface area contributed by atoms with Gasteiger partial charge in [0, 0.05) is 11.4 Å². The summed E-state index contributed by atoms with van der Waals surface area (Å²) in [6.07, 6.45) is 4.87. The number of methoxy groups -OCH3 is 1. The lowest BCUT2D eigenvalue weighted by molar-refractivity contribution is 0.0594. The molecule has 158 valence electrons. The van der Waals surface area contributed by atoms with Gasteiger partial charge in [0.2, 0.25) is 10.0 Å². The smallest absolute Gasteiger partial charge is 0.357 e. The van der Waals surface area contributed by atoms with E-state index in [0.717, 1.165) is 48.8 Å². The number of aromatic nitrogens is 1. The SMILES string of the molecule is COC(=O)c1csc(CN(C2CCCCC2)S(=O)(=O)c2c(C)cc(C)cc2C)n1. The quantitative estimate of drug-likeness (QED) is 0.628. The Kier molecular flexibility index (Phi) is 6.76. The standard InChI is InChI=1S/C21H28N2O4S2/c1-14-10-15(2)20(16(3)11-14)29(25,26)23(17-8-6-5-7-9-17)12-19-22-18(13-28-19)21(24)27-4/h10-11,13,17H,5-9,12H2,1-4H3. The van der Waals surface area contributed by atoms with Crippen LogP contribution in [0.15, 0.2) is 22.4 Å². The van der Waals surface area contributed by atoms with E-state index in [1.54, 1.807) is 9.69 Å². The Bertz CT molecular complexity index is 969. The van der Waals surface area contributed by atoms with Crippen LogP contribution in [0.5, 0.6) is 0 Å². The summed E-state index contributed by atoms with van der Waals surface area (Å²) in [5, 5.41) is 2.22. The highest BCUT2D eigenvalue weighted by molar-refractivity contribution is 7.89. The summed E-state index contributed by atoms with van der Waals surface area (Å²) >= 11 is 1.29. The van der Waals surface area contributed by atoms with Crippen molar-refractivity contribution < 1.29 is 17.9 Å². The van der Waals surface area contributed by atoms with Crippen molar-refractivity contribution in [3.05, 3.63) is 44.9 Å². The highest BCUT2D eigenvalue weighted by Crippen LogP contribution is 2.33. The molecular formula is C21H28N2O4S2. The molecule has 1 aliphatic rings. The van der Waals surface area contributed by atoms with Crippen molar-refractivity contribution >= 4 is 27.3 Å². The first-order chi connectivity index (χ1) is 13.7. The average Bonchev–Trinajstić information content (AvgIpc) is 3.13. The number of nitrogens with zero attached hydrogens (tertiary/aromatic N) is 2. The number of sulfonamides is 1. The Labute approximate surface area is 177 Å². The summed E-state index contributed by atoms with van der Waals surface area (Å²) in [4.78, 5) is 16.5. The lowest BCUT2D eigenvalue weighted by atomic mass is 9.95. The molecule has 0 amide bonds. The van der Waals surface area contributed by atoms with Gasteiger partial charge in [-0.15, -0.1) is 11.3 Å². The number of esters is 1. The van der Waals surface area contributed by atoms with E-state index in [-0.39, 0.29) is 18.3 Å². The maximum Gasteiger partial charge on any atom is 0.357 e. The predicted molar refractivity (Wildman–Crippen MR) is 114 cm³/mol. The summed E-state index contributed by atoms with van der Waals surface area (Å²) in [6, 6.07) is 3.77. The Morgan fingerprint density at radius 2 is 1.79 bits per heavy atom. The number of aryl methyl sites for hydroxylation is 3. The predicted octanol–water partition coefficient (Wildman–Crippen LogP) is 4.38. The minimum atomic E-state index is -3.71. The molecule has 0 bridgehead atoms. The molecule has 8 heteroatoms. The van der Waals surface area contributed by atoms with Crippen molar-refractivity contribution in [3.8, 4) is 0 Å². The van der Waals surface area contributed by atoms with Gasteiger partial charge in [0.1, 0.15) is 5.01 Å². The summed E-state index contributed by atoms with van der Waals surface area (Å²) in [6.45, 7) is 5.84. The van der Waals surface area contributed by atoms with E-state index >= 15 is 0 Å². The first kappa shape index (κ1) is 21.9. The van der Waals surface area contributed by atoms with Crippen LogP contribution in [-0.2, 0) is 21.3 Å². The minimum Gasteiger partial charge on any atom is -0.464 e. The van der Waals surface area contributed by atoms with Crippen molar-refractivity contribution in [1.82, 2.24) is 9.29 Å². The molecule has 29 heavy (non-hydrogen) atoms. The molecule has 6 nitrogen and oxygen atoms in total. The van der Waals surface area contributed by atoms with Gasteiger partial charge in [-0.1, -0.05) is 37.0 Å². The van der Waals surface area contributed by atoms with Crippen LogP contribution in [0.1, 0.15) is 64.3 Å². The van der Waals surface area contributed by atoms with Gasteiger partial charge in [0.15, 0.2) is 5.69 Å². The fraction of sp³-hybridized carbons (Fsp3) is 0.524. The highest BCUT2D eigenvalue weighted by atomic mass is 32.2. The van der Waals surface area contributed by atoms with Gasteiger partial charge >= 0.3 is 5.97 Å². The van der Waals surface area contributed by atoms with Crippen LogP contribution in [0.3, 0.4) is 0 Å². The average molecular weight is 437 g/mol. The molecule has 1 saturated carbocycles. The van der Waals surface area contributed by atoms with Crippen molar-refractivity contribution in [1.29, 1.82) is 0 Å². The van der Waals surface area contributed by atoms with Gasteiger partial charge < -0.3 is 4.74 Å². The van der Waals surface area contributed by atoms with Crippen LogP contribution >= 0.6 is 11.3 Å². The number of ether oxygens (including phenoxy) is 1. The Balaban J connectivity index is 2.01. The van der Waals surface area contributed by atoms with Gasteiger partial charge in [0.25, 0.3) is 0 Å². The van der Waals surface area contributed by atoms with Crippen LogP contribution in [0, 0.1) is 20.8 Å². The summed E-state index contributed by atoms with van der Waals surface area (Å²) in [5.41, 5.74) is 2.79. The Morgan fingerprint density at radius 1 is 1.17 bits per heavy atom. The first-order valence-corrected chi connectivity index (χ1v) is 12.2. The van der Waals surface area contributed by atoms with Crippen molar-refractivity contribution in [3.63, 3.8) is 0 Å². The molecule has 0 unspecified atom stereocenters. The van der Waals surface area contributed by atoms with E-state index in [2.05, 4.69) is 4.98 Å². The molecule has 1 heterocycles.